The Bertz CT molecular complexity index is 896. The van der Waals surface area contributed by atoms with Crippen LogP contribution in [0.25, 0.3) is 6.08 Å². The average Bonchev–Trinajstić information content (AvgIpc) is 2.62. The summed E-state index contributed by atoms with van der Waals surface area (Å²) in [5.74, 6) is -0.938. The molecule has 2 aromatic carbocycles. The van der Waals surface area contributed by atoms with Gasteiger partial charge in [-0.2, -0.15) is 5.26 Å². The minimum absolute atomic E-state index is 0.0526. The second kappa shape index (κ2) is 8.84. The summed E-state index contributed by atoms with van der Waals surface area (Å²) >= 11 is 5.90. The van der Waals surface area contributed by atoms with Gasteiger partial charge in [-0.05, 0) is 61.4 Å². The minimum Gasteiger partial charge on any atom is -0.462 e. The first-order valence-corrected chi connectivity index (χ1v) is 8.29. The molecule has 0 saturated carbocycles. The number of benzene rings is 2. The maximum atomic E-state index is 12.3. The molecule has 0 aromatic heterocycles. The zero-order valence-corrected chi connectivity index (χ0v) is 15.1. The number of nitrogens with one attached hydrogen (secondary N) is 1. The summed E-state index contributed by atoms with van der Waals surface area (Å²) < 4.78 is 4.91. The number of ether oxygens (including phenoxy) is 1. The Morgan fingerprint density at radius 2 is 1.92 bits per heavy atom. The summed E-state index contributed by atoms with van der Waals surface area (Å²) in [6.45, 7) is 3.84. The molecule has 0 aliphatic rings. The van der Waals surface area contributed by atoms with Crippen molar-refractivity contribution in [2.45, 2.75) is 13.8 Å². The predicted octanol–water partition coefficient (Wildman–Crippen LogP) is 4.37. The fraction of sp³-hybridized carbons (Fsp3) is 0.150. The Hall–Kier alpha value is -3.10. The fourth-order valence-corrected chi connectivity index (χ4v) is 2.43. The highest BCUT2D eigenvalue weighted by atomic mass is 35.5. The zero-order valence-electron chi connectivity index (χ0n) is 14.4. The van der Waals surface area contributed by atoms with Gasteiger partial charge in [-0.3, -0.25) is 4.79 Å². The summed E-state index contributed by atoms with van der Waals surface area (Å²) in [6.07, 6.45) is 1.45. The molecule has 6 heteroatoms. The molecule has 0 unspecified atom stereocenters. The number of aryl methyl sites for hydroxylation is 1. The number of hydrogen-bond acceptors (Lipinski definition) is 4. The number of halogens is 1. The molecule has 132 valence electrons. The number of amides is 1. The molecule has 0 heterocycles. The number of anilines is 1. The van der Waals surface area contributed by atoms with Crippen molar-refractivity contribution in [2.24, 2.45) is 0 Å². The van der Waals surface area contributed by atoms with Gasteiger partial charge < -0.3 is 10.1 Å². The molecule has 0 aliphatic carbocycles. The van der Waals surface area contributed by atoms with Crippen molar-refractivity contribution in [3.8, 4) is 6.07 Å². The van der Waals surface area contributed by atoms with Gasteiger partial charge in [-0.1, -0.05) is 23.7 Å². The summed E-state index contributed by atoms with van der Waals surface area (Å²) in [7, 11) is 0. The van der Waals surface area contributed by atoms with Crippen molar-refractivity contribution >= 4 is 35.2 Å². The number of hydrogen-bond donors (Lipinski definition) is 1. The van der Waals surface area contributed by atoms with Crippen LogP contribution in [-0.2, 0) is 9.53 Å². The van der Waals surface area contributed by atoms with Crippen molar-refractivity contribution in [3.63, 3.8) is 0 Å². The van der Waals surface area contributed by atoms with Gasteiger partial charge in [0.05, 0.1) is 12.2 Å². The zero-order chi connectivity index (χ0) is 19.1. The maximum Gasteiger partial charge on any atom is 0.338 e. The third-order valence-corrected chi connectivity index (χ3v) is 3.77. The number of esters is 1. The maximum absolute atomic E-state index is 12.3. The van der Waals surface area contributed by atoms with Gasteiger partial charge in [-0.25, -0.2) is 4.79 Å². The first-order chi connectivity index (χ1) is 12.4. The van der Waals surface area contributed by atoms with E-state index in [9.17, 15) is 14.9 Å². The van der Waals surface area contributed by atoms with Gasteiger partial charge in [0.25, 0.3) is 5.91 Å². The number of carbonyl (C=O) groups excluding carboxylic acids is 2. The lowest BCUT2D eigenvalue weighted by Gasteiger charge is -2.08. The number of nitrogens with zero attached hydrogens (tertiary/aromatic N) is 1. The van der Waals surface area contributed by atoms with E-state index >= 15 is 0 Å². The lowest BCUT2D eigenvalue weighted by atomic mass is 10.1. The lowest BCUT2D eigenvalue weighted by molar-refractivity contribution is -0.112. The highest BCUT2D eigenvalue weighted by Crippen LogP contribution is 2.20. The third kappa shape index (κ3) is 4.95. The first kappa shape index (κ1) is 19.2. The molecule has 0 spiro atoms. The second-order valence-electron chi connectivity index (χ2n) is 5.43. The van der Waals surface area contributed by atoms with Crippen LogP contribution in [0.4, 0.5) is 5.69 Å². The summed E-state index contributed by atoms with van der Waals surface area (Å²) in [4.78, 5) is 24.0. The van der Waals surface area contributed by atoms with Gasteiger partial charge in [-0.15, -0.1) is 0 Å². The summed E-state index contributed by atoms with van der Waals surface area (Å²) in [5, 5.41) is 12.5. The van der Waals surface area contributed by atoms with Crippen molar-refractivity contribution in [1.82, 2.24) is 0 Å². The molecule has 26 heavy (non-hydrogen) atoms. The highest BCUT2D eigenvalue weighted by Gasteiger charge is 2.12. The second-order valence-corrected chi connectivity index (χ2v) is 5.86. The van der Waals surface area contributed by atoms with E-state index in [1.165, 1.54) is 6.08 Å². The molecular formula is C20H17ClN2O3. The number of carbonyl (C=O) groups is 2. The van der Waals surface area contributed by atoms with Crippen molar-refractivity contribution in [3.05, 3.63) is 69.8 Å². The largest absolute Gasteiger partial charge is 0.462 e. The number of nitriles is 1. The van der Waals surface area contributed by atoms with Crippen LogP contribution in [0.5, 0.6) is 0 Å². The van der Waals surface area contributed by atoms with Crippen LogP contribution in [0.3, 0.4) is 0 Å². The average molecular weight is 369 g/mol. The highest BCUT2D eigenvalue weighted by molar-refractivity contribution is 6.30. The van der Waals surface area contributed by atoms with E-state index in [1.54, 1.807) is 49.4 Å². The van der Waals surface area contributed by atoms with E-state index in [-0.39, 0.29) is 5.57 Å². The standard InChI is InChI=1S/C20H17ClN2O3/c1-3-26-20(25)15-6-4-14(5-7-15)11-16(12-22)19(24)23-18-9-8-17(21)10-13(18)2/h4-11H,3H2,1-2H3,(H,23,24)/b16-11+. The van der Waals surface area contributed by atoms with Crippen LogP contribution in [0, 0.1) is 18.3 Å². The quantitative estimate of drug-likeness (QED) is 0.482. The van der Waals surface area contributed by atoms with Gasteiger partial charge in [0.2, 0.25) is 0 Å². The molecule has 0 radical (unpaired) electrons. The predicted molar refractivity (Wildman–Crippen MR) is 101 cm³/mol. The summed E-state index contributed by atoms with van der Waals surface area (Å²) in [5.41, 5.74) is 2.35. The van der Waals surface area contributed by atoms with E-state index < -0.39 is 11.9 Å². The van der Waals surface area contributed by atoms with Crippen LogP contribution in [0.1, 0.15) is 28.4 Å². The van der Waals surface area contributed by atoms with Gasteiger partial charge >= 0.3 is 5.97 Å². The Labute approximate surface area is 156 Å². The molecule has 5 nitrogen and oxygen atoms in total. The van der Waals surface area contributed by atoms with Crippen LogP contribution >= 0.6 is 11.6 Å². The Balaban J connectivity index is 2.17. The smallest absolute Gasteiger partial charge is 0.338 e. The molecule has 0 aliphatic heterocycles. The SMILES string of the molecule is CCOC(=O)c1ccc(/C=C(\C#N)C(=O)Nc2ccc(Cl)cc2C)cc1. The minimum atomic E-state index is -0.521. The fourth-order valence-electron chi connectivity index (χ4n) is 2.20. The Morgan fingerprint density at radius 1 is 1.23 bits per heavy atom. The topological polar surface area (TPSA) is 79.2 Å². The van der Waals surface area contributed by atoms with Crippen LogP contribution < -0.4 is 5.32 Å². The van der Waals surface area contributed by atoms with Crippen molar-refractivity contribution in [2.75, 3.05) is 11.9 Å². The summed E-state index contributed by atoms with van der Waals surface area (Å²) in [6, 6.07) is 13.4. The molecule has 0 saturated heterocycles. The van der Waals surface area contributed by atoms with Gasteiger partial charge in [0.1, 0.15) is 11.6 Å². The van der Waals surface area contributed by atoms with Crippen LogP contribution in [-0.4, -0.2) is 18.5 Å². The van der Waals surface area contributed by atoms with E-state index in [2.05, 4.69) is 5.32 Å². The van der Waals surface area contributed by atoms with Gasteiger partial charge in [0, 0.05) is 10.7 Å². The van der Waals surface area contributed by atoms with E-state index in [4.69, 9.17) is 16.3 Å². The molecule has 2 aromatic rings. The molecule has 0 fully saturated rings. The third-order valence-electron chi connectivity index (χ3n) is 3.53. The van der Waals surface area contributed by atoms with E-state index in [1.807, 2.05) is 13.0 Å². The van der Waals surface area contributed by atoms with E-state index in [0.29, 0.717) is 28.4 Å². The van der Waals surface area contributed by atoms with Crippen LogP contribution in [0.2, 0.25) is 5.02 Å². The first-order valence-electron chi connectivity index (χ1n) is 7.91. The molecule has 2 rings (SSSR count). The molecule has 0 bridgehead atoms. The van der Waals surface area contributed by atoms with Crippen molar-refractivity contribution < 1.29 is 14.3 Å². The molecule has 1 N–H and O–H groups in total. The molecular weight excluding hydrogens is 352 g/mol. The van der Waals surface area contributed by atoms with Crippen LogP contribution in [0.15, 0.2) is 48.0 Å². The lowest BCUT2D eigenvalue weighted by Crippen LogP contribution is -2.14. The van der Waals surface area contributed by atoms with E-state index in [0.717, 1.165) is 5.56 Å². The molecule has 0 atom stereocenters. The van der Waals surface area contributed by atoms with Crippen molar-refractivity contribution in [1.29, 1.82) is 5.26 Å². The Morgan fingerprint density at radius 3 is 2.50 bits per heavy atom. The monoisotopic (exact) mass is 368 g/mol. The normalized spacial score (nSPS) is 10.8. The molecule has 1 amide bonds. The number of rotatable bonds is 5. The Kier molecular flexibility index (Phi) is 6.54. The van der Waals surface area contributed by atoms with Gasteiger partial charge in [0.15, 0.2) is 0 Å².